The molecule has 0 saturated carbocycles. The third kappa shape index (κ3) is 5.45. The molecule has 1 N–H and O–H groups in total. The number of carbonyl (C=O) groups is 1. The fraction of sp³-hybridized carbons (Fsp3) is 0.278. The van der Waals surface area contributed by atoms with E-state index in [9.17, 15) is 4.79 Å². The van der Waals surface area contributed by atoms with Gasteiger partial charge in [-0.3, -0.25) is 4.79 Å². The molecular weight excluding hydrogens is 333 g/mol. The predicted molar refractivity (Wildman–Crippen MR) is 95.9 cm³/mol. The summed E-state index contributed by atoms with van der Waals surface area (Å²) in [5.41, 5.74) is 1.07. The normalized spacial score (nSPS) is 10.4. The lowest BCUT2D eigenvalue weighted by atomic mass is 10.2. The van der Waals surface area contributed by atoms with E-state index in [1.807, 2.05) is 12.1 Å². The van der Waals surface area contributed by atoms with Gasteiger partial charge in [0.2, 0.25) is 0 Å². The van der Waals surface area contributed by atoms with Crippen LogP contribution >= 0.6 is 23.2 Å². The fourth-order valence-corrected chi connectivity index (χ4v) is 2.54. The second-order valence-electron chi connectivity index (χ2n) is 5.16. The Morgan fingerprint density at radius 1 is 1.09 bits per heavy atom. The number of halogens is 2. The molecular formula is C18H19Cl2NO2. The molecule has 2 aromatic rings. The molecule has 5 heteroatoms. The van der Waals surface area contributed by atoms with Crippen LogP contribution in [0.15, 0.2) is 42.5 Å². The summed E-state index contributed by atoms with van der Waals surface area (Å²) in [6.07, 6.45) is 3.38. The third-order valence-corrected chi connectivity index (χ3v) is 3.85. The number of hydrogen-bond donors (Lipinski definition) is 1. The minimum atomic E-state index is -0.275. The molecule has 0 atom stereocenters. The van der Waals surface area contributed by atoms with Crippen molar-refractivity contribution in [3.8, 4) is 5.75 Å². The van der Waals surface area contributed by atoms with Gasteiger partial charge in [-0.2, -0.15) is 0 Å². The molecule has 0 bridgehead atoms. The van der Waals surface area contributed by atoms with Gasteiger partial charge in [0.25, 0.3) is 5.91 Å². The summed E-state index contributed by atoms with van der Waals surface area (Å²) < 4.78 is 5.64. The van der Waals surface area contributed by atoms with Crippen molar-refractivity contribution < 1.29 is 9.53 Å². The molecule has 0 saturated heterocycles. The zero-order valence-electron chi connectivity index (χ0n) is 12.9. The Balaban J connectivity index is 1.93. The summed E-state index contributed by atoms with van der Waals surface area (Å²) in [6, 6.07) is 12.1. The molecule has 0 unspecified atom stereocenters. The number of unbranched alkanes of at least 4 members (excludes halogenated alkanes) is 2. The first kappa shape index (κ1) is 17.6. The molecule has 0 aliphatic heterocycles. The summed E-state index contributed by atoms with van der Waals surface area (Å²) in [7, 11) is 0. The number of ether oxygens (including phenoxy) is 1. The van der Waals surface area contributed by atoms with E-state index >= 15 is 0 Å². The van der Waals surface area contributed by atoms with Crippen molar-refractivity contribution in [3.05, 3.63) is 58.1 Å². The van der Waals surface area contributed by atoms with Crippen molar-refractivity contribution in [1.82, 2.24) is 0 Å². The van der Waals surface area contributed by atoms with E-state index in [-0.39, 0.29) is 5.91 Å². The zero-order chi connectivity index (χ0) is 16.7. The first-order chi connectivity index (χ1) is 11.1. The second-order valence-corrected chi connectivity index (χ2v) is 6.00. The van der Waals surface area contributed by atoms with E-state index < -0.39 is 0 Å². The van der Waals surface area contributed by atoms with Gasteiger partial charge in [0.1, 0.15) is 5.75 Å². The van der Waals surface area contributed by atoms with Gasteiger partial charge in [-0.05, 0) is 48.9 Å². The lowest BCUT2D eigenvalue weighted by Crippen LogP contribution is -2.12. The third-order valence-electron chi connectivity index (χ3n) is 3.30. The van der Waals surface area contributed by atoms with Gasteiger partial charge in [-0.25, -0.2) is 0 Å². The average Bonchev–Trinajstić information content (AvgIpc) is 2.53. The Hall–Kier alpha value is -1.71. The number of anilines is 1. The first-order valence-corrected chi connectivity index (χ1v) is 8.35. The topological polar surface area (TPSA) is 38.3 Å². The van der Waals surface area contributed by atoms with Crippen molar-refractivity contribution in [3.63, 3.8) is 0 Å². The maximum Gasteiger partial charge on any atom is 0.257 e. The number of nitrogens with one attached hydrogen (secondary N) is 1. The Labute approximate surface area is 146 Å². The van der Waals surface area contributed by atoms with Crippen molar-refractivity contribution in [2.24, 2.45) is 0 Å². The van der Waals surface area contributed by atoms with Crippen molar-refractivity contribution >= 4 is 34.8 Å². The van der Waals surface area contributed by atoms with E-state index in [2.05, 4.69) is 12.2 Å². The van der Waals surface area contributed by atoms with Gasteiger partial charge in [0.15, 0.2) is 0 Å². The van der Waals surface area contributed by atoms with Crippen LogP contribution < -0.4 is 10.1 Å². The zero-order valence-corrected chi connectivity index (χ0v) is 14.5. The molecule has 0 aliphatic rings. The highest BCUT2D eigenvalue weighted by molar-refractivity contribution is 6.37. The lowest BCUT2D eigenvalue weighted by molar-refractivity contribution is 0.102. The highest BCUT2D eigenvalue weighted by Crippen LogP contribution is 2.23. The monoisotopic (exact) mass is 351 g/mol. The SMILES string of the molecule is CCCCCOc1ccc(NC(=O)c2ccc(Cl)cc2Cl)cc1. The van der Waals surface area contributed by atoms with Gasteiger partial charge < -0.3 is 10.1 Å². The predicted octanol–water partition coefficient (Wildman–Crippen LogP) is 5.81. The molecule has 3 nitrogen and oxygen atoms in total. The summed E-state index contributed by atoms with van der Waals surface area (Å²) in [4.78, 5) is 12.2. The minimum Gasteiger partial charge on any atom is -0.494 e. The molecule has 0 radical (unpaired) electrons. The molecule has 0 fully saturated rings. The maximum absolute atomic E-state index is 12.2. The molecule has 23 heavy (non-hydrogen) atoms. The smallest absolute Gasteiger partial charge is 0.257 e. The summed E-state index contributed by atoms with van der Waals surface area (Å²) in [6.45, 7) is 2.87. The summed E-state index contributed by atoms with van der Waals surface area (Å²) >= 11 is 11.9. The Bertz CT molecular complexity index is 657. The molecule has 2 rings (SSSR count). The van der Waals surface area contributed by atoms with Gasteiger partial charge >= 0.3 is 0 Å². The van der Waals surface area contributed by atoms with Crippen molar-refractivity contribution in [1.29, 1.82) is 0 Å². The Kier molecular flexibility index (Phi) is 6.75. The van der Waals surface area contributed by atoms with Gasteiger partial charge in [-0.1, -0.05) is 43.0 Å². The van der Waals surface area contributed by atoms with Crippen LogP contribution in [0.5, 0.6) is 5.75 Å². The first-order valence-electron chi connectivity index (χ1n) is 7.59. The average molecular weight is 352 g/mol. The standard InChI is InChI=1S/C18H19Cl2NO2/c1-2-3-4-11-23-15-8-6-14(7-9-15)21-18(22)16-10-5-13(19)12-17(16)20/h5-10,12H,2-4,11H2,1H3,(H,21,22). The number of amides is 1. The molecule has 122 valence electrons. The molecule has 0 spiro atoms. The number of hydrogen-bond acceptors (Lipinski definition) is 2. The molecule has 0 aliphatic carbocycles. The molecule has 0 heterocycles. The van der Waals surface area contributed by atoms with Crippen LogP contribution in [0.25, 0.3) is 0 Å². The van der Waals surface area contributed by atoms with Crippen LogP contribution in [0.4, 0.5) is 5.69 Å². The van der Waals surface area contributed by atoms with Crippen molar-refractivity contribution in [2.45, 2.75) is 26.2 Å². The van der Waals surface area contributed by atoms with E-state index in [0.29, 0.717) is 27.9 Å². The number of benzene rings is 2. The molecule has 1 amide bonds. The molecule has 0 aromatic heterocycles. The van der Waals surface area contributed by atoms with Crippen LogP contribution in [0, 0.1) is 0 Å². The lowest BCUT2D eigenvalue weighted by Gasteiger charge is -2.09. The minimum absolute atomic E-state index is 0.275. The Morgan fingerprint density at radius 3 is 2.48 bits per heavy atom. The highest BCUT2D eigenvalue weighted by Gasteiger charge is 2.11. The van der Waals surface area contributed by atoms with E-state index in [1.54, 1.807) is 30.3 Å². The van der Waals surface area contributed by atoms with Crippen LogP contribution in [-0.4, -0.2) is 12.5 Å². The van der Waals surface area contributed by atoms with Crippen molar-refractivity contribution in [2.75, 3.05) is 11.9 Å². The quantitative estimate of drug-likeness (QED) is 0.638. The van der Waals surface area contributed by atoms with Gasteiger partial charge in [0.05, 0.1) is 17.2 Å². The van der Waals surface area contributed by atoms with Crippen LogP contribution in [-0.2, 0) is 0 Å². The fourth-order valence-electron chi connectivity index (χ4n) is 2.05. The summed E-state index contributed by atoms with van der Waals surface area (Å²) in [5.74, 6) is 0.520. The number of rotatable bonds is 7. The van der Waals surface area contributed by atoms with E-state index in [4.69, 9.17) is 27.9 Å². The number of carbonyl (C=O) groups excluding carboxylic acids is 1. The summed E-state index contributed by atoms with van der Waals surface area (Å²) in [5, 5.41) is 3.62. The van der Waals surface area contributed by atoms with Crippen LogP contribution in [0.1, 0.15) is 36.5 Å². The van der Waals surface area contributed by atoms with Crippen LogP contribution in [0.2, 0.25) is 10.0 Å². The van der Waals surface area contributed by atoms with Gasteiger partial charge in [0, 0.05) is 10.7 Å². The highest BCUT2D eigenvalue weighted by atomic mass is 35.5. The van der Waals surface area contributed by atoms with E-state index in [0.717, 1.165) is 18.6 Å². The van der Waals surface area contributed by atoms with Crippen LogP contribution in [0.3, 0.4) is 0 Å². The Morgan fingerprint density at radius 2 is 1.83 bits per heavy atom. The largest absolute Gasteiger partial charge is 0.494 e. The molecule has 2 aromatic carbocycles. The second kappa shape index (κ2) is 8.80. The van der Waals surface area contributed by atoms with Gasteiger partial charge in [-0.15, -0.1) is 0 Å². The maximum atomic E-state index is 12.2. The van der Waals surface area contributed by atoms with E-state index in [1.165, 1.54) is 6.42 Å².